The van der Waals surface area contributed by atoms with E-state index in [4.69, 9.17) is 4.74 Å². The molecular formula is C12H10N6O3. The third kappa shape index (κ3) is 2.43. The second-order valence-corrected chi connectivity index (χ2v) is 4.09. The number of rotatable bonds is 4. The first-order chi connectivity index (χ1) is 10.2. The Labute approximate surface area is 118 Å². The molecule has 0 saturated heterocycles. The van der Waals surface area contributed by atoms with Crippen molar-refractivity contribution >= 4 is 22.7 Å². The lowest BCUT2D eigenvalue weighted by Crippen LogP contribution is -1.99. The van der Waals surface area contributed by atoms with Crippen molar-refractivity contribution in [2.45, 2.75) is 0 Å². The number of benzene rings is 1. The minimum Gasteiger partial charge on any atom is -0.438 e. The highest BCUT2D eigenvalue weighted by Crippen LogP contribution is 2.29. The fourth-order valence-corrected chi connectivity index (χ4v) is 1.77. The van der Waals surface area contributed by atoms with Crippen LogP contribution < -0.4 is 10.1 Å². The number of H-pyrrole nitrogens is 1. The number of ether oxygens (including phenoxy) is 1. The van der Waals surface area contributed by atoms with E-state index < -0.39 is 4.92 Å². The van der Waals surface area contributed by atoms with Crippen molar-refractivity contribution in [3.8, 4) is 11.6 Å². The molecule has 0 unspecified atom stereocenters. The number of nitro benzene ring substituents is 1. The Hall–Kier alpha value is -3.23. The predicted octanol–water partition coefficient (Wildman–Crippen LogP) is 2.10. The van der Waals surface area contributed by atoms with E-state index in [1.807, 2.05) is 0 Å². The van der Waals surface area contributed by atoms with Gasteiger partial charge in [0.15, 0.2) is 5.65 Å². The third-order valence-corrected chi connectivity index (χ3v) is 2.74. The molecular weight excluding hydrogens is 276 g/mol. The lowest BCUT2D eigenvalue weighted by Gasteiger charge is -2.07. The van der Waals surface area contributed by atoms with Crippen molar-refractivity contribution in [2.75, 3.05) is 12.4 Å². The first-order valence-electron chi connectivity index (χ1n) is 5.98. The molecule has 0 aliphatic heterocycles. The van der Waals surface area contributed by atoms with Crippen molar-refractivity contribution in [1.82, 2.24) is 20.2 Å². The normalized spacial score (nSPS) is 10.5. The van der Waals surface area contributed by atoms with Crippen LogP contribution in [0.15, 0.2) is 30.5 Å². The molecule has 0 radical (unpaired) electrons. The summed E-state index contributed by atoms with van der Waals surface area (Å²) in [5, 5.41) is 20.8. The smallest absolute Gasteiger partial charge is 0.273 e. The summed E-state index contributed by atoms with van der Waals surface area (Å²) in [7, 11) is 1.68. The van der Waals surface area contributed by atoms with Gasteiger partial charge in [-0.25, -0.2) is 0 Å². The topological polar surface area (TPSA) is 119 Å². The zero-order valence-electron chi connectivity index (χ0n) is 10.9. The lowest BCUT2D eigenvalue weighted by molar-refractivity contribution is -0.384. The van der Waals surface area contributed by atoms with Crippen molar-refractivity contribution in [1.29, 1.82) is 0 Å². The number of fused-ring (bicyclic) bond motifs is 1. The maximum atomic E-state index is 10.8. The van der Waals surface area contributed by atoms with Crippen LogP contribution >= 0.6 is 0 Å². The Morgan fingerprint density at radius 3 is 3.00 bits per heavy atom. The van der Waals surface area contributed by atoms with Gasteiger partial charge in [-0.2, -0.15) is 15.1 Å². The highest BCUT2D eigenvalue weighted by molar-refractivity contribution is 5.80. The highest BCUT2D eigenvalue weighted by Gasteiger charge is 2.13. The van der Waals surface area contributed by atoms with Gasteiger partial charge in [0.05, 0.1) is 17.2 Å². The minimum atomic E-state index is -0.487. The summed E-state index contributed by atoms with van der Waals surface area (Å²) in [5.74, 6) is 0.929. The van der Waals surface area contributed by atoms with Crippen molar-refractivity contribution in [2.24, 2.45) is 0 Å². The number of nitrogens with zero attached hydrogens (tertiary/aromatic N) is 4. The van der Waals surface area contributed by atoms with Gasteiger partial charge < -0.3 is 10.1 Å². The quantitative estimate of drug-likeness (QED) is 0.556. The van der Waals surface area contributed by atoms with Gasteiger partial charge in [-0.05, 0) is 6.07 Å². The summed E-state index contributed by atoms with van der Waals surface area (Å²) >= 11 is 0. The van der Waals surface area contributed by atoms with E-state index in [2.05, 4.69) is 25.5 Å². The molecule has 3 rings (SSSR count). The molecule has 0 saturated carbocycles. The molecule has 0 bridgehead atoms. The number of aromatic amines is 1. The minimum absolute atomic E-state index is 0.0566. The number of aromatic nitrogens is 4. The number of anilines is 1. The molecule has 1 aromatic carbocycles. The molecule has 9 heteroatoms. The standard InChI is InChI=1S/C12H10N6O3/c1-13-12-15-10-9(6-14-17-10)11(16-12)21-8-4-2-3-7(5-8)18(19)20/h2-6H,1H3,(H2,13,14,15,16,17). The molecule has 9 nitrogen and oxygen atoms in total. The molecule has 0 fully saturated rings. The van der Waals surface area contributed by atoms with Crippen LogP contribution in [0.2, 0.25) is 0 Å². The summed E-state index contributed by atoms with van der Waals surface area (Å²) in [6.45, 7) is 0. The monoisotopic (exact) mass is 286 g/mol. The van der Waals surface area contributed by atoms with E-state index in [9.17, 15) is 10.1 Å². The molecule has 0 spiro atoms. The molecule has 106 valence electrons. The molecule has 2 heterocycles. The van der Waals surface area contributed by atoms with Crippen LogP contribution in [0.1, 0.15) is 0 Å². The van der Waals surface area contributed by atoms with Crippen LogP contribution in [0.4, 0.5) is 11.6 Å². The average molecular weight is 286 g/mol. The fraction of sp³-hybridized carbons (Fsp3) is 0.0833. The van der Waals surface area contributed by atoms with E-state index in [0.717, 1.165) is 0 Å². The molecule has 0 aliphatic carbocycles. The predicted molar refractivity (Wildman–Crippen MR) is 74.4 cm³/mol. The Balaban J connectivity index is 2.03. The van der Waals surface area contributed by atoms with Gasteiger partial charge in [0, 0.05) is 13.1 Å². The number of non-ortho nitro benzene ring substituents is 1. The van der Waals surface area contributed by atoms with E-state index in [-0.39, 0.29) is 11.6 Å². The van der Waals surface area contributed by atoms with Gasteiger partial charge in [-0.1, -0.05) is 6.07 Å². The van der Waals surface area contributed by atoms with Gasteiger partial charge >= 0.3 is 0 Å². The van der Waals surface area contributed by atoms with Gasteiger partial charge in [0.1, 0.15) is 11.1 Å². The van der Waals surface area contributed by atoms with Crippen LogP contribution in [0.25, 0.3) is 11.0 Å². The van der Waals surface area contributed by atoms with Crippen molar-refractivity contribution in [3.63, 3.8) is 0 Å². The van der Waals surface area contributed by atoms with E-state index in [1.54, 1.807) is 19.2 Å². The Kier molecular flexibility index (Phi) is 3.07. The average Bonchev–Trinajstić information content (AvgIpc) is 2.96. The summed E-state index contributed by atoms with van der Waals surface area (Å²) in [6.07, 6.45) is 1.53. The molecule has 3 aromatic rings. The van der Waals surface area contributed by atoms with Crippen LogP contribution in [-0.2, 0) is 0 Å². The van der Waals surface area contributed by atoms with Crippen LogP contribution in [0, 0.1) is 10.1 Å². The Bertz CT molecular complexity index is 816. The largest absolute Gasteiger partial charge is 0.438 e. The fourth-order valence-electron chi connectivity index (χ4n) is 1.77. The second kappa shape index (κ2) is 5.04. The summed E-state index contributed by atoms with van der Waals surface area (Å²) in [4.78, 5) is 18.7. The molecule has 0 aliphatic rings. The Morgan fingerprint density at radius 1 is 1.38 bits per heavy atom. The maximum Gasteiger partial charge on any atom is 0.273 e. The first kappa shape index (κ1) is 12.8. The molecule has 21 heavy (non-hydrogen) atoms. The van der Waals surface area contributed by atoms with Crippen LogP contribution in [-0.4, -0.2) is 32.1 Å². The van der Waals surface area contributed by atoms with Crippen LogP contribution in [0.5, 0.6) is 11.6 Å². The first-order valence-corrected chi connectivity index (χ1v) is 5.98. The van der Waals surface area contributed by atoms with Crippen molar-refractivity contribution in [3.05, 3.63) is 40.6 Å². The van der Waals surface area contributed by atoms with Gasteiger partial charge in [0.25, 0.3) is 5.69 Å². The van der Waals surface area contributed by atoms with Gasteiger partial charge in [-0.3, -0.25) is 15.2 Å². The van der Waals surface area contributed by atoms with Gasteiger partial charge in [-0.15, -0.1) is 0 Å². The highest BCUT2D eigenvalue weighted by atomic mass is 16.6. The van der Waals surface area contributed by atoms with Crippen LogP contribution in [0.3, 0.4) is 0 Å². The number of hydrogen-bond acceptors (Lipinski definition) is 7. The number of nitro groups is 1. The van der Waals surface area contributed by atoms with E-state index >= 15 is 0 Å². The SMILES string of the molecule is CNc1nc(Oc2cccc([N+](=O)[O-])c2)c2cn[nH]c2n1. The zero-order chi connectivity index (χ0) is 14.8. The molecule has 2 N–H and O–H groups in total. The molecule has 0 amide bonds. The Morgan fingerprint density at radius 2 is 2.24 bits per heavy atom. The third-order valence-electron chi connectivity index (χ3n) is 2.74. The zero-order valence-corrected chi connectivity index (χ0v) is 10.9. The maximum absolute atomic E-state index is 10.8. The molecule has 2 aromatic heterocycles. The summed E-state index contributed by atoms with van der Waals surface area (Å²) < 4.78 is 5.63. The van der Waals surface area contributed by atoms with Gasteiger partial charge in [0.2, 0.25) is 11.8 Å². The number of nitrogens with one attached hydrogen (secondary N) is 2. The number of hydrogen-bond donors (Lipinski definition) is 2. The summed E-state index contributed by atoms with van der Waals surface area (Å²) in [6, 6.07) is 5.87. The van der Waals surface area contributed by atoms with E-state index in [0.29, 0.717) is 22.7 Å². The lowest BCUT2D eigenvalue weighted by atomic mass is 10.3. The second-order valence-electron chi connectivity index (χ2n) is 4.09. The van der Waals surface area contributed by atoms with Crippen molar-refractivity contribution < 1.29 is 9.66 Å². The molecule has 0 atom stereocenters. The summed E-state index contributed by atoms with van der Waals surface area (Å²) in [5.41, 5.74) is 0.452. The van der Waals surface area contributed by atoms with E-state index in [1.165, 1.54) is 18.3 Å².